The summed E-state index contributed by atoms with van der Waals surface area (Å²) >= 11 is 0. The summed E-state index contributed by atoms with van der Waals surface area (Å²) < 4.78 is 4.55. The molecule has 0 spiro atoms. The molecule has 0 radical (unpaired) electrons. The standard InChI is InChI=1S/C12H11NO4/c1-16-11(14)7-10-8-5-3-4-6-9(8)12(15)13(10)17-2/h3-7H,1-2H3/b10-7+. The predicted octanol–water partition coefficient (Wildman–Crippen LogP) is 1.22. The fourth-order valence-electron chi connectivity index (χ4n) is 1.71. The van der Waals surface area contributed by atoms with Crippen molar-refractivity contribution < 1.29 is 19.2 Å². The maximum atomic E-state index is 11.9. The van der Waals surface area contributed by atoms with Crippen LogP contribution in [0.3, 0.4) is 0 Å². The van der Waals surface area contributed by atoms with Gasteiger partial charge >= 0.3 is 5.97 Å². The third-order valence-electron chi connectivity index (χ3n) is 2.48. The van der Waals surface area contributed by atoms with Crippen molar-refractivity contribution in [1.82, 2.24) is 5.06 Å². The van der Waals surface area contributed by atoms with Gasteiger partial charge in [-0.25, -0.2) is 4.79 Å². The number of esters is 1. The van der Waals surface area contributed by atoms with Crippen LogP contribution in [0.2, 0.25) is 0 Å². The first-order valence-corrected chi connectivity index (χ1v) is 4.96. The average Bonchev–Trinajstić information content (AvgIpc) is 2.63. The quantitative estimate of drug-likeness (QED) is 0.569. The highest BCUT2D eigenvalue weighted by Gasteiger charge is 2.33. The van der Waals surface area contributed by atoms with Crippen molar-refractivity contribution in [2.75, 3.05) is 14.2 Å². The SMILES string of the molecule is COC(=O)/C=C1\c2ccccc2C(=O)N1OC. The van der Waals surface area contributed by atoms with Crippen LogP contribution in [0.1, 0.15) is 15.9 Å². The molecule has 0 saturated carbocycles. The second-order valence-electron chi connectivity index (χ2n) is 3.38. The maximum Gasteiger partial charge on any atom is 0.332 e. The Kier molecular flexibility index (Phi) is 2.93. The lowest BCUT2D eigenvalue weighted by molar-refractivity contribution is -0.135. The number of hydrogen-bond donors (Lipinski definition) is 0. The predicted molar refractivity (Wildman–Crippen MR) is 59.6 cm³/mol. The highest BCUT2D eigenvalue weighted by Crippen LogP contribution is 2.32. The van der Waals surface area contributed by atoms with Crippen molar-refractivity contribution >= 4 is 17.6 Å². The first kappa shape index (κ1) is 11.3. The van der Waals surface area contributed by atoms with Gasteiger partial charge in [-0.1, -0.05) is 18.2 Å². The second kappa shape index (κ2) is 4.39. The maximum absolute atomic E-state index is 11.9. The highest BCUT2D eigenvalue weighted by molar-refractivity contribution is 6.10. The van der Waals surface area contributed by atoms with E-state index in [1.54, 1.807) is 24.3 Å². The van der Waals surface area contributed by atoms with Crippen LogP contribution in [-0.4, -0.2) is 31.2 Å². The van der Waals surface area contributed by atoms with Crippen LogP contribution in [0.4, 0.5) is 0 Å². The molecule has 0 unspecified atom stereocenters. The lowest BCUT2D eigenvalue weighted by atomic mass is 10.1. The number of benzene rings is 1. The minimum absolute atomic E-state index is 0.293. The van der Waals surface area contributed by atoms with Gasteiger partial charge in [0.15, 0.2) is 0 Å². The summed E-state index contributed by atoms with van der Waals surface area (Å²) in [5.41, 5.74) is 1.55. The minimum Gasteiger partial charge on any atom is -0.466 e. The topological polar surface area (TPSA) is 55.8 Å². The fourth-order valence-corrected chi connectivity index (χ4v) is 1.71. The number of amides is 1. The number of rotatable bonds is 2. The molecule has 0 saturated heterocycles. The van der Waals surface area contributed by atoms with E-state index in [-0.39, 0.29) is 5.91 Å². The summed E-state index contributed by atoms with van der Waals surface area (Å²) in [6, 6.07) is 6.98. The van der Waals surface area contributed by atoms with E-state index >= 15 is 0 Å². The Hall–Kier alpha value is -2.14. The number of fused-ring (bicyclic) bond motifs is 1. The molecule has 0 bridgehead atoms. The Labute approximate surface area is 98.2 Å². The third-order valence-corrected chi connectivity index (χ3v) is 2.48. The van der Waals surface area contributed by atoms with Crippen LogP contribution in [0.15, 0.2) is 30.3 Å². The Balaban J connectivity index is 2.54. The molecule has 1 amide bonds. The average molecular weight is 233 g/mol. The van der Waals surface area contributed by atoms with E-state index in [9.17, 15) is 9.59 Å². The van der Waals surface area contributed by atoms with E-state index in [1.165, 1.54) is 20.3 Å². The molecule has 0 aromatic heterocycles. The van der Waals surface area contributed by atoms with Crippen LogP contribution in [0.25, 0.3) is 5.70 Å². The van der Waals surface area contributed by atoms with E-state index in [2.05, 4.69) is 4.74 Å². The van der Waals surface area contributed by atoms with Gasteiger partial charge in [0.1, 0.15) is 0 Å². The van der Waals surface area contributed by atoms with Crippen molar-refractivity contribution in [1.29, 1.82) is 0 Å². The number of methoxy groups -OCH3 is 1. The first-order chi connectivity index (χ1) is 8.19. The number of nitrogens with zero attached hydrogens (tertiary/aromatic N) is 1. The van der Waals surface area contributed by atoms with Crippen LogP contribution in [0, 0.1) is 0 Å². The van der Waals surface area contributed by atoms with Crippen LogP contribution in [-0.2, 0) is 14.4 Å². The van der Waals surface area contributed by atoms with Crippen LogP contribution in [0.5, 0.6) is 0 Å². The lowest BCUT2D eigenvalue weighted by Gasteiger charge is -2.13. The Bertz CT molecular complexity index is 507. The molecular weight excluding hydrogens is 222 g/mol. The summed E-state index contributed by atoms with van der Waals surface area (Å²) in [5.74, 6) is -0.829. The second-order valence-corrected chi connectivity index (χ2v) is 3.38. The van der Waals surface area contributed by atoms with E-state index < -0.39 is 5.97 Å². The van der Waals surface area contributed by atoms with Crippen LogP contribution < -0.4 is 0 Å². The zero-order chi connectivity index (χ0) is 12.4. The van der Waals surface area contributed by atoms with Crippen molar-refractivity contribution in [3.63, 3.8) is 0 Å². The molecule has 5 heteroatoms. The number of carbonyl (C=O) groups excluding carboxylic acids is 2. The van der Waals surface area contributed by atoms with Crippen molar-refractivity contribution in [2.24, 2.45) is 0 Å². The van der Waals surface area contributed by atoms with Crippen molar-refractivity contribution in [2.45, 2.75) is 0 Å². The number of ether oxygens (including phenoxy) is 1. The van der Waals surface area contributed by atoms with Gasteiger partial charge in [-0.15, -0.1) is 0 Å². The van der Waals surface area contributed by atoms with Gasteiger partial charge < -0.3 is 4.74 Å². The summed E-state index contributed by atoms with van der Waals surface area (Å²) in [6.07, 6.45) is 1.23. The first-order valence-electron chi connectivity index (χ1n) is 4.96. The summed E-state index contributed by atoms with van der Waals surface area (Å²) in [5, 5.41) is 1.07. The minimum atomic E-state index is -0.536. The number of hydroxylamine groups is 2. The molecule has 0 atom stereocenters. The molecule has 1 aromatic carbocycles. The Morgan fingerprint density at radius 1 is 1.24 bits per heavy atom. The molecular formula is C12H11NO4. The molecule has 1 aliphatic rings. The normalized spacial score (nSPS) is 16.2. The number of hydrogen-bond acceptors (Lipinski definition) is 4. The third kappa shape index (κ3) is 1.81. The fraction of sp³-hybridized carbons (Fsp3) is 0.167. The number of carbonyl (C=O) groups is 2. The molecule has 2 rings (SSSR count). The largest absolute Gasteiger partial charge is 0.466 e. The van der Waals surface area contributed by atoms with Gasteiger partial charge in [0, 0.05) is 5.56 Å². The Morgan fingerprint density at radius 2 is 1.88 bits per heavy atom. The van der Waals surface area contributed by atoms with E-state index in [1.807, 2.05) is 0 Å². The van der Waals surface area contributed by atoms with Gasteiger partial charge in [0.25, 0.3) is 5.91 Å². The summed E-state index contributed by atoms with van der Waals surface area (Å²) in [7, 11) is 2.65. The van der Waals surface area contributed by atoms with Gasteiger partial charge in [-0.2, -0.15) is 5.06 Å². The monoisotopic (exact) mass is 233 g/mol. The summed E-state index contributed by atoms with van der Waals surface area (Å²) in [6.45, 7) is 0. The van der Waals surface area contributed by atoms with Gasteiger partial charge in [-0.3, -0.25) is 9.63 Å². The van der Waals surface area contributed by atoms with Gasteiger partial charge in [0.05, 0.1) is 31.6 Å². The molecule has 0 aliphatic carbocycles. The van der Waals surface area contributed by atoms with Gasteiger partial charge in [-0.05, 0) is 6.07 Å². The lowest BCUT2D eigenvalue weighted by Crippen LogP contribution is -2.22. The molecule has 5 nitrogen and oxygen atoms in total. The zero-order valence-electron chi connectivity index (χ0n) is 9.47. The Morgan fingerprint density at radius 3 is 2.47 bits per heavy atom. The van der Waals surface area contributed by atoms with E-state index in [0.29, 0.717) is 16.8 Å². The molecule has 0 fully saturated rings. The van der Waals surface area contributed by atoms with Crippen LogP contribution >= 0.6 is 0 Å². The van der Waals surface area contributed by atoms with Crippen molar-refractivity contribution in [3.8, 4) is 0 Å². The molecule has 88 valence electrons. The van der Waals surface area contributed by atoms with Gasteiger partial charge in [0.2, 0.25) is 0 Å². The smallest absolute Gasteiger partial charge is 0.332 e. The molecule has 17 heavy (non-hydrogen) atoms. The van der Waals surface area contributed by atoms with Crippen molar-refractivity contribution in [3.05, 3.63) is 41.5 Å². The molecule has 1 aliphatic heterocycles. The molecule has 1 heterocycles. The molecule has 1 aromatic rings. The van der Waals surface area contributed by atoms with E-state index in [0.717, 1.165) is 5.06 Å². The zero-order valence-corrected chi connectivity index (χ0v) is 9.47. The molecule has 0 N–H and O–H groups in total. The highest BCUT2D eigenvalue weighted by atomic mass is 16.7. The van der Waals surface area contributed by atoms with E-state index in [4.69, 9.17) is 4.84 Å². The summed E-state index contributed by atoms with van der Waals surface area (Å²) in [4.78, 5) is 28.1.